The molecule has 0 saturated carbocycles. The van der Waals surface area contributed by atoms with Crippen LogP contribution < -0.4 is 0 Å². The van der Waals surface area contributed by atoms with Crippen molar-refractivity contribution in [3.8, 4) is 56.7 Å². The average Bonchev–Trinajstić information content (AvgIpc) is 3.93. The predicted octanol–water partition coefficient (Wildman–Crippen LogP) is 12.1. The van der Waals surface area contributed by atoms with Crippen LogP contribution in [0.25, 0.3) is 112 Å². The normalized spacial score (nSPS) is 11.8. The number of rotatable bonds is 5. The molecule has 0 aliphatic heterocycles. The number of oxazole rings is 1. The molecule has 0 saturated heterocycles. The van der Waals surface area contributed by atoms with Gasteiger partial charge in [0.1, 0.15) is 33.4 Å². The van der Waals surface area contributed by atoms with Crippen LogP contribution in [0.5, 0.6) is 0 Å². The highest BCUT2D eigenvalue weighted by Crippen LogP contribution is 2.42. The number of aromatic nitrogens is 4. The van der Waals surface area contributed by atoms with Crippen LogP contribution in [0.3, 0.4) is 0 Å². The molecule has 4 aromatic heterocycles. The van der Waals surface area contributed by atoms with Crippen LogP contribution in [0, 0.1) is 0 Å². The summed E-state index contributed by atoms with van der Waals surface area (Å²) in [6.45, 7) is 0. The number of hydrogen-bond acceptors (Lipinski definition) is 7. The van der Waals surface area contributed by atoms with Crippen molar-refractivity contribution in [3.63, 3.8) is 0 Å². The van der Waals surface area contributed by atoms with E-state index >= 15 is 0 Å². The second-order valence-corrected chi connectivity index (χ2v) is 13.0. The zero-order valence-corrected chi connectivity index (χ0v) is 28.0. The van der Waals surface area contributed by atoms with Gasteiger partial charge in [-0.15, -0.1) is 0 Å². The van der Waals surface area contributed by atoms with Crippen LogP contribution in [0.2, 0.25) is 0 Å². The van der Waals surface area contributed by atoms with Crippen molar-refractivity contribution in [2.75, 3.05) is 0 Å². The molecule has 7 nitrogen and oxygen atoms in total. The van der Waals surface area contributed by atoms with Crippen molar-refractivity contribution in [1.82, 2.24) is 19.9 Å². The molecule has 0 amide bonds. The summed E-state index contributed by atoms with van der Waals surface area (Å²) in [4.78, 5) is 20.3. The van der Waals surface area contributed by atoms with Gasteiger partial charge in [0.25, 0.3) is 0 Å². The number of benzene rings is 7. The highest BCUT2D eigenvalue weighted by molar-refractivity contribution is 6.16. The molecule has 0 bridgehead atoms. The Morgan fingerprint density at radius 2 is 0.868 bits per heavy atom. The number of para-hydroxylation sites is 2. The van der Waals surface area contributed by atoms with Crippen molar-refractivity contribution in [2.45, 2.75) is 0 Å². The standard InChI is InChI=1S/C46H26N4O3/c1-3-11-27(12-4-1)28-19-21-30(22-20-28)46-47-36-26-35-33-16-8-10-18-38(33)52-41(35)40(42(36)53-46)45-49-43(29-13-5-2-6-14-29)48-44(50-45)31-23-24-34-32-15-7-9-17-37(32)51-39(34)25-31/h1-26H. The van der Waals surface area contributed by atoms with Gasteiger partial charge in [0.05, 0.1) is 0 Å². The van der Waals surface area contributed by atoms with Crippen LogP contribution in [0.4, 0.5) is 0 Å². The molecule has 4 heterocycles. The third-order valence-electron chi connectivity index (χ3n) is 9.79. The smallest absolute Gasteiger partial charge is 0.227 e. The molecule has 11 rings (SSSR count). The fraction of sp³-hybridized carbons (Fsp3) is 0. The summed E-state index contributed by atoms with van der Waals surface area (Å²) in [5.41, 5.74) is 9.53. The molecule has 7 aromatic carbocycles. The van der Waals surface area contributed by atoms with Crippen LogP contribution >= 0.6 is 0 Å². The summed E-state index contributed by atoms with van der Waals surface area (Å²) in [6.07, 6.45) is 0. The molecule has 0 N–H and O–H groups in total. The Labute approximate surface area is 301 Å². The van der Waals surface area contributed by atoms with Crippen LogP contribution in [-0.2, 0) is 0 Å². The van der Waals surface area contributed by atoms with E-state index < -0.39 is 0 Å². The number of fused-ring (bicyclic) bond motifs is 7. The van der Waals surface area contributed by atoms with Gasteiger partial charge >= 0.3 is 0 Å². The zero-order valence-electron chi connectivity index (χ0n) is 28.0. The Kier molecular flexibility index (Phi) is 6.42. The van der Waals surface area contributed by atoms with E-state index in [-0.39, 0.29) is 0 Å². The first kappa shape index (κ1) is 29.4. The minimum atomic E-state index is 0.412. The average molecular weight is 683 g/mol. The fourth-order valence-electron chi connectivity index (χ4n) is 7.20. The van der Waals surface area contributed by atoms with Gasteiger partial charge in [-0.3, -0.25) is 0 Å². The van der Waals surface area contributed by atoms with Crippen molar-refractivity contribution in [1.29, 1.82) is 0 Å². The Morgan fingerprint density at radius 1 is 0.321 bits per heavy atom. The lowest BCUT2D eigenvalue weighted by atomic mass is 10.0. The van der Waals surface area contributed by atoms with Crippen LogP contribution in [0.15, 0.2) is 171 Å². The van der Waals surface area contributed by atoms with Gasteiger partial charge in [0.2, 0.25) is 5.89 Å². The Bertz CT molecular complexity index is 3160. The minimum absolute atomic E-state index is 0.412. The second kappa shape index (κ2) is 11.6. The first-order valence-corrected chi connectivity index (χ1v) is 17.4. The van der Waals surface area contributed by atoms with Gasteiger partial charge < -0.3 is 13.3 Å². The van der Waals surface area contributed by atoms with E-state index in [0.717, 1.165) is 66.1 Å². The first-order chi connectivity index (χ1) is 26.2. The maximum absolute atomic E-state index is 6.69. The van der Waals surface area contributed by atoms with Crippen molar-refractivity contribution >= 4 is 55.0 Å². The SMILES string of the molecule is c1ccc(-c2ccc(-c3nc4cc5c(oc6ccccc65)c(-c5nc(-c6ccccc6)nc(-c6ccc7c(c6)oc6ccccc67)n5)c4o3)cc2)cc1. The first-order valence-electron chi connectivity index (χ1n) is 17.4. The number of furan rings is 2. The Hall–Kier alpha value is -7.38. The minimum Gasteiger partial charge on any atom is -0.456 e. The lowest BCUT2D eigenvalue weighted by Gasteiger charge is -2.09. The molecular formula is C46H26N4O3. The van der Waals surface area contributed by atoms with E-state index in [1.807, 2.05) is 115 Å². The van der Waals surface area contributed by atoms with E-state index in [0.29, 0.717) is 45.6 Å². The predicted molar refractivity (Wildman–Crippen MR) is 209 cm³/mol. The van der Waals surface area contributed by atoms with Gasteiger partial charge in [-0.2, -0.15) is 0 Å². The van der Waals surface area contributed by atoms with Crippen LogP contribution in [0.1, 0.15) is 0 Å². The highest BCUT2D eigenvalue weighted by atomic mass is 16.4. The molecule has 0 unspecified atom stereocenters. The molecule has 11 aromatic rings. The third kappa shape index (κ3) is 4.82. The fourth-order valence-corrected chi connectivity index (χ4v) is 7.20. The highest BCUT2D eigenvalue weighted by Gasteiger charge is 2.25. The van der Waals surface area contributed by atoms with Crippen molar-refractivity contribution in [2.24, 2.45) is 0 Å². The topological polar surface area (TPSA) is 91.0 Å². The molecule has 0 fully saturated rings. The van der Waals surface area contributed by atoms with E-state index in [2.05, 4.69) is 42.5 Å². The van der Waals surface area contributed by atoms with E-state index in [1.54, 1.807) is 0 Å². The van der Waals surface area contributed by atoms with E-state index in [4.69, 9.17) is 33.2 Å². The van der Waals surface area contributed by atoms with E-state index in [9.17, 15) is 0 Å². The van der Waals surface area contributed by atoms with Crippen LogP contribution in [-0.4, -0.2) is 19.9 Å². The summed E-state index contributed by atoms with van der Waals surface area (Å²) >= 11 is 0. The maximum atomic E-state index is 6.69. The summed E-state index contributed by atoms with van der Waals surface area (Å²) in [7, 11) is 0. The molecule has 7 heteroatoms. The van der Waals surface area contributed by atoms with Crippen molar-refractivity contribution in [3.05, 3.63) is 158 Å². The largest absolute Gasteiger partial charge is 0.456 e. The zero-order chi connectivity index (χ0) is 34.9. The lowest BCUT2D eigenvalue weighted by molar-refractivity contribution is 0.618. The van der Waals surface area contributed by atoms with Gasteiger partial charge in [0.15, 0.2) is 23.1 Å². The summed E-state index contributed by atoms with van der Waals surface area (Å²) in [5.74, 6) is 1.92. The number of hydrogen-bond donors (Lipinski definition) is 0. The Morgan fingerprint density at radius 3 is 1.62 bits per heavy atom. The van der Waals surface area contributed by atoms with Gasteiger partial charge in [-0.05, 0) is 53.6 Å². The monoisotopic (exact) mass is 682 g/mol. The maximum Gasteiger partial charge on any atom is 0.227 e. The van der Waals surface area contributed by atoms with Crippen molar-refractivity contribution < 1.29 is 13.3 Å². The molecule has 0 atom stereocenters. The molecule has 0 spiro atoms. The molecule has 248 valence electrons. The lowest BCUT2D eigenvalue weighted by Crippen LogP contribution is -2.00. The summed E-state index contributed by atoms with van der Waals surface area (Å²) < 4.78 is 19.6. The van der Waals surface area contributed by atoms with Gasteiger partial charge in [-0.25, -0.2) is 19.9 Å². The number of nitrogens with zero attached hydrogens (tertiary/aromatic N) is 4. The molecule has 0 aliphatic carbocycles. The summed E-state index contributed by atoms with van der Waals surface area (Å²) in [5, 5.41) is 3.96. The Balaban J connectivity index is 1.15. The third-order valence-corrected chi connectivity index (χ3v) is 9.79. The molecule has 53 heavy (non-hydrogen) atoms. The molecular weight excluding hydrogens is 657 g/mol. The van der Waals surface area contributed by atoms with Gasteiger partial charge in [0, 0.05) is 38.2 Å². The van der Waals surface area contributed by atoms with E-state index in [1.165, 1.54) is 0 Å². The summed E-state index contributed by atoms with van der Waals surface area (Å²) in [6, 6.07) is 52.6. The second-order valence-electron chi connectivity index (χ2n) is 13.0. The molecule has 0 aliphatic rings. The van der Waals surface area contributed by atoms with Gasteiger partial charge in [-0.1, -0.05) is 115 Å². The quantitative estimate of drug-likeness (QED) is 0.178. The molecule has 0 radical (unpaired) electrons.